The molecule has 0 atom stereocenters. The van der Waals surface area contributed by atoms with Gasteiger partial charge in [0.1, 0.15) is 18.1 Å². The van der Waals surface area contributed by atoms with Gasteiger partial charge in [-0.3, -0.25) is 0 Å². The lowest BCUT2D eigenvalue weighted by Crippen LogP contribution is -2.21. The largest absolute Gasteiger partial charge is 0.461 e. The SMILES string of the molecule is c1ccc2oc(C3COCOC3)cc2c1. The van der Waals surface area contributed by atoms with Crippen molar-refractivity contribution in [2.75, 3.05) is 20.0 Å². The number of ether oxygens (including phenoxy) is 2. The Bertz CT molecular complexity index is 422. The van der Waals surface area contributed by atoms with Gasteiger partial charge in [-0.25, -0.2) is 0 Å². The standard InChI is InChI=1S/C12H12O3/c1-2-4-11-9(3-1)5-12(15-11)10-6-13-8-14-7-10/h1-5,10H,6-8H2. The Labute approximate surface area is 87.6 Å². The predicted molar refractivity (Wildman–Crippen MR) is 55.7 cm³/mol. The minimum atomic E-state index is 0.228. The van der Waals surface area contributed by atoms with Crippen molar-refractivity contribution in [3.8, 4) is 0 Å². The van der Waals surface area contributed by atoms with Gasteiger partial charge in [0, 0.05) is 5.39 Å². The zero-order valence-corrected chi connectivity index (χ0v) is 8.31. The highest BCUT2D eigenvalue weighted by Crippen LogP contribution is 2.26. The van der Waals surface area contributed by atoms with Crippen LogP contribution in [0, 0.1) is 0 Å². The van der Waals surface area contributed by atoms with Gasteiger partial charge in [-0.1, -0.05) is 18.2 Å². The van der Waals surface area contributed by atoms with E-state index in [9.17, 15) is 0 Å². The van der Waals surface area contributed by atoms with E-state index in [1.807, 2.05) is 24.3 Å². The Morgan fingerprint density at radius 3 is 2.67 bits per heavy atom. The third-order valence-electron chi connectivity index (χ3n) is 2.65. The van der Waals surface area contributed by atoms with Gasteiger partial charge in [-0.15, -0.1) is 0 Å². The maximum atomic E-state index is 5.75. The van der Waals surface area contributed by atoms with Crippen LogP contribution in [0.2, 0.25) is 0 Å². The van der Waals surface area contributed by atoms with E-state index in [0.29, 0.717) is 20.0 Å². The van der Waals surface area contributed by atoms with Crippen molar-refractivity contribution >= 4 is 11.0 Å². The molecule has 1 saturated heterocycles. The third kappa shape index (κ3) is 1.64. The number of hydrogen-bond acceptors (Lipinski definition) is 3. The van der Waals surface area contributed by atoms with Gasteiger partial charge >= 0.3 is 0 Å². The fourth-order valence-corrected chi connectivity index (χ4v) is 1.86. The molecule has 0 radical (unpaired) electrons. The number of para-hydroxylation sites is 1. The quantitative estimate of drug-likeness (QED) is 0.715. The predicted octanol–water partition coefficient (Wildman–Crippen LogP) is 2.52. The molecular formula is C12H12O3. The number of benzene rings is 1. The molecule has 0 saturated carbocycles. The summed E-state index contributed by atoms with van der Waals surface area (Å²) in [7, 11) is 0. The number of hydrogen-bond donors (Lipinski definition) is 0. The summed E-state index contributed by atoms with van der Waals surface area (Å²) in [5.41, 5.74) is 0.929. The van der Waals surface area contributed by atoms with Crippen molar-refractivity contribution < 1.29 is 13.9 Å². The first-order valence-corrected chi connectivity index (χ1v) is 5.07. The van der Waals surface area contributed by atoms with Crippen molar-refractivity contribution in [3.05, 3.63) is 36.1 Å². The van der Waals surface area contributed by atoms with Crippen LogP contribution in [-0.4, -0.2) is 20.0 Å². The zero-order chi connectivity index (χ0) is 10.1. The van der Waals surface area contributed by atoms with E-state index in [1.54, 1.807) is 0 Å². The van der Waals surface area contributed by atoms with Crippen LogP contribution in [-0.2, 0) is 9.47 Å². The van der Waals surface area contributed by atoms with E-state index in [1.165, 1.54) is 0 Å². The van der Waals surface area contributed by atoms with Crippen LogP contribution in [0.1, 0.15) is 11.7 Å². The molecule has 2 aromatic rings. The molecular weight excluding hydrogens is 192 g/mol. The van der Waals surface area contributed by atoms with Gasteiger partial charge in [-0.05, 0) is 12.1 Å². The van der Waals surface area contributed by atoms with E-state index < -0.39 is 0 Å². The van der Waals surface area contributed by atoms with E-state index in [0.717, 1.165) is 16.7 Å². The molecule has 0 N–H and O–H groups in total. The number of rotatable bonds is 1. The molecule has 1 fully saturated rings. The molecule has 0 aliphatic carbocycles. The minimum absolute atomic E-state index is 0.228. The van der Waals surface area contributed by atoms with Crippen LogP contribution in [0.5, 0.6) is 0 Å². The number of fused-ring (bicyclic) bond motifs is 1. The van der Waals surface area contributed by atoms with Gasteiger partial charge in [0.15, 0.2) is 0 Å². The Hall–Kier alpha value is -1.32. The molecule has 78 valence electrons. The third-order valence-corrected chi connectivity index (χ3v) is 2.65. The second kappa shape index (κ2) is 3.68. The van der Waals surface area contributed by atoms with Gasteiger partial charge < -0.3 is 13.9 Å². The molecule has 3 rings (SSSR count). The lowest BCUT2D eigenvalue weighted by molar-refractivity contribution is -0.110. The van der Waals surface area contributed by atoms with Crippen molar-refractivity contribution in [1.29, 1.82) is 0 Å². The summed E-state index contributed by atoms with van der Waals surface area (Å²) in [4.78, 5) is 0. The van der Waals surface area contributed by atoms with Crippen LogP contribution in [0.4, 0.5) is 0 Å². The van der Waals surface area contributed by atoms with Crippen LogP contribution in [0.15, 0.2) is 34.7 Å². The molecule has 0 amide bonds. The van der Waals surface area contributed by atoms with Gasteiger partial charge in [0.25, 0.3) is 0 Å². The first-order chi connectivity index (χ1) is 7.43. The van der Waals surface area contributed by atoms with Crippen LogP contribution < -0.4 is 0 Å². The van der Waals surface area contributed by atoms with Crippen LogP contribution >= 0.6 is 0 Å². The summed E-state index contributed by atoms with van der Waals surface area (Å²) in [6.45, 7) is 1.76. The molecule has 3 nitrogen and oxygen atoms in total. The average Bonchev–Trinajstić information content (AvgIpc) is 2.74. The highest BCUT2D eigenvalue weighted by atomic mass is 16.7. The molecule has 1 aromatic heterocycles. The Morgan fingerprint density at radius 2 is 1.87 bits per heavy atom. The van der Waals surface area contributed by atoms with Crippen molar-refractivity contribution in [2.45, 2.75) is 5.92 Å². The van der Waals surface area contributed by atoms with Gasteiger partial charge in [-0.2, -0.15) is 0 Å². The highest BCUT2D eigenvalue weighted by Gasteiger charge is 2.20. The smallest absolute Gasteiger partial charge is 0.146 e. The molecule has 0 bridgehead atoms. The molecule has 0 spiro atoms. The van der Waals surface area contributed by atoms with Crippen LogP contribution in [0.3, 0.4) is 0 Å². The Morgan fingerprint density at radius 1 is 1.07 bits per heavy atom. The normalized spacial score (nSPS) is 18.4. The van der Waals surface area contributed by atoms with Crippen molar-refractivity contribution in [3.63, 3.8) is 0 Å². The summed E-state index contributed by atoms with van der Waals surface area (Å²) in [5.74, 6) is 1.18. The molecule has 15 heavy (non-hydrogen) atoms. The molecule has 0 unspecified atom stereocenters. The average molecular weight is 204 g/mol. The highest BCUT2D eigenvalue weighted by molar-refractivity contribution is 5.77. The van der Waals surface area contributed by atoms with Crippen LogP contribution in [0.25, 0.3) is 11.0 Å². The van der Waals surface area contributed by atoms with Crippen molar-refractivity contribution in [2.24, 2.45) is 0 Å². The Balaban J connectivity index is 1.96. The maximum absolute atomic E-state index is 5.75. The summed E-state index contributed by atoms with van der Waals surface area (Å²) in [6, 6.07) is 10.1. The number of furan rings is 1. The van der Waals surface area contributed by atoms with E-state index in [-0.39, 0.29) is 5.92 Å². The van der Waals surface area contributed by atoms with Crippen molar-refractivity contribution in [1.82, 2.24) is 0 Å². The zero-order valence-electron chi connectivity index (χ0n) is 8.31. The fourth-order valence-electron chi connectivity index (χ4n) is 1.86. The molecule has 2 heterocycles. The summed E-state index contributed by atoms with van der Waals surface area (Å²) >= 11 is 0. The van der Waals surface area contributed by atoms with E-state index in [2.05, 4.69) is 6.07 Å². The fraction of sp³-hybridized carbons (Fsp3) is 0.333. The topological polar surface area (TPSA) is 31.6 Å². The minimum Gasteiger partial charge on any atom is -0.461 e. The molecule has 1 aliphatic rings. The molecule has 1 aliphatic heterocycles. The summed E-state index contributed by atoms with van der Waals surface area (Å²) in [5, 5.41) is 1.14. The lowest BCUT2D eigenvalue weighted by atomic mass is 10.1. The molecule has 1 aromatic carbocycles. The monoisotopic (exact) mass is 204 g/mol. The van der Waals surface area contributed by atoms with E-state index in [4.69, 9.17) is 13.9 Å². The first-order valence-electron chi connectivity index (χ1n) is 5.07. The maximum Gasteiger partial charge on any atom is 0.146 e. The summed E-state index contributed by atoms with van der Waals surface area (Å²) in [6.07, 6.45) is 0. The first kappa shape index (κ1) is 8.95. The van der Waals surface area contributed by atoms with Gasteiger partial charge in [0.2, 0.25) is 0 Å². The second-order valence-corrected chi connectivity index (χ2v) is 3.74. The lowest BCUT2D eigenvalue weighted by Gasteiger charge is -2.20. The van der Waals surface area contributed by atoms with E-state index >= 15 is 0 Å². The summed E-state index contributed by atoms with van der Waals surface area (Å²) < 4.78 is 16.2. The second-order valence-electron chi connectivity index (χ2n) is 3.74. The Kier molecular flexibility index (Phi) is 2.19. The van der Waals surface area contributed by atoms with Gasteiger partial charge in [0.05, 0.1) is 19.1 Å². The molecule has 3 heteroatoms.